The maximum atomic E-state index is 12.7. The van der Waals surface area contributed by atoms with E-state index in [9.17, 15) is 4.79 Å². The highest BCUT2D eigenvalue weighted by molar-refractivity contribution is 7.21. The quantitative estimate of drug-likeness (QED) is 0.488. The van der Waals surface area contributed by atoms with E-state index < -0.39 is 0 Å². The molecule has 1 aromatic carbocycles. The standard InChI is InChI=1S/C24H24N4OS/c1-13(2)17-7-5-15(11-25-17)18-8-6-16-19(27-18)9-10-20-21(16)22-23(30-20)24(29)26-14(3)12-28(22)4/h5-11,13-14H,12H2,1-4H3,(H,26,29)/t14-/m1/s1. The highest BCUT2D eigenvalue weighted by Gasteiger charge is 2.27. The van der Waals surface area contributed by atoms with Gasteiger partial charge in [0.05, 0.1) is 16.9 Å². The van der Waals surface area contributed by atoms with Gasteiger partial charge < -0.3 is 10.2 Å². The minimum atomic E-state index is 0.0112. The number of nitrogens with zero attached hydrogens (tertiary/aromatic N) is 3. The Bertz CT molecular complexity index is 1280. The summed E-state index contributed by atoms with van der Waals surface area (Å²) in [7, 11) is 2.06. The molecule has 0 fully saturated rings. The molecule has 0 spiro atoms. The SMILES string of the molecule is CC(C)c1ccc(-c2ccc3c(ccc4sc5c(c43)N(C)C[C@@H](C)NC5=O)n2)cn1. The first kappa shape index (κ1) is 19.0. The zero-order valence-electron chi connectivity index (χ0n) is 17.6. The van der Waals surface area contributed by atoms with Gasteiger partial charge in [-0.3, -0.25) is 9.78 Å². The van der Waals surface area contributed by atoms with Gasteiger partial charge in [-0.05, 0) is 49.2 Å². The normalized spacial score (nSPS) is 16.8. The lowest BCUT2D eigenvalue weighted by molar-refractivity contribution is 0.0949. The van der Waals surface area contributed by atoms with Crippen LogP contribution in [0.5, 0.6) is 0 Å². The second-order valence-corrected chi connectivity index (χ2v) is 9.42. The highest BCUT2D eigenvalue weighted by Crippen LogP contribution is 2.43. The number of carbonyl (C=O) groups excluding carboxylic acids is 1. The van der Waals surface area contributed by atoms with Gasteiger partial charge in [-0.1, -0.05) is 13.8 Å². The summed E-state index contributed by atoms with van der Waals surface area (Å²) in [6, 6.07) is 12.6. The smallest absolute Gasteiger partial charge is 0.263 e. The molecule has 0 unspecified atom stereocenters. The second kappa shape index (κ2) is 7.06. The number of thiophene rings is 1. The van der Waals surface area contributed by atoms with Crippen molar-refractivity contribution in [3.8, 4) is 11.3 Å². The van der Waals surface area contributed by atoms with Crippen LogP contribution in [-0.4, -0.2) is 35.5 Å². The summed E-state index contributed by atoms with van der Waals surface area (Å²) in [5.41, 5.74) is 4.94. The number of nitrogens with one attached hydrogen (secondary N) is 1. The van der Waals surface area contributed by atoms with Gasteiger partial charge in [0, 0.05) is 52.6 Å². The maximum Gasteiger partial charge on any atom is 0.263 e. The van der Waals surface area contributed by atoms with E-state index in [1.54, 1.807) is 11.3 Å². The number of fused-ring (bicyclic) bond motifs is 5. The van der Waals surface area contributed by atoms with E-state index in [4.69, 9.17) is 4.98 Å². The summed E-state index contributed by atoms with van der Waals surface area (Å²) < 4.78 is 1.11. The van der Waals surface area contributed by atoms with Gasteiger partial charge in [-0.25, -0.2) is 4.98 Å². The average Bonchev–Trinajstić information content (AvgIpc) is 3.09. The summed E-state index contributed by atoms with van der Waals surface area (Å²) in [5.74, 6) is 0.416. The lowest BCUT2D eigenvalue weighted by Crippen LogP contribution is -2.36. The van der Waals surface area contributed by atoms with Gasteiger partial charge in [0.1, 0.15) is 4.88 Å². The summed E-state index contributed by atoms with van der Waals surface area (Å²) in [6.45, 7) is 7.10. The fourth-order valence-electron chi connectivity index (χ4n) is 4.20. The van der Waals surface area contributed by atoms with Gasteiger partial charge in [-0.2, -0.15) is 0 Å². The molecule has 6 heteroatoms. The number of aromatic nitrogens is 2. The van der Waals surface area contributed by atoms with Crippen LogP contribution < -0.4 is 10.2 Å². The fraction of sp³-hybridized carbons (Fsp3) is 0.292. The lowest BCUT2D eigenvalue weighted by Gasteiger charge is -2.20. The number of rotatable bonds is 2. The molecular weight excluding hydrogens is 392 g/mol. The average molecular weight is 417 g/mol. The van der Waals surface area contributed by atoms with E-state index in [0.717, 1.165) is 55.0 Å². The zero-order valence-corrected chi connectivity index (χ0v) is 18.4. The minimum absolute atomic E-state index is 0.0112. The number of benzene rings is 1. The Labute approximate surface area is 179 Å². The third-order valence-electron chi connectivity index (χ3n) is 5.68. The highest BCUT2D eigenvalue weighted by atomic mass is 32.1. The van der Waals surface area contributed by atoms with Gasteiger partial charge >= 0.3 is 0 Å². The van der Waals surface area contributed by atoms with Crippen LogP contribution in [0.3, 0.4) is 0 Å². The summed E-state index contributed by atoms with van der Waals surface area (Å²) in [5, 5.41) is 5.28. The molecule has 1 aliphatic heterocycles. The summed E-state index contributed by atoms with van der Waals surface area (Å²) in [6.07, 6.45) is 1.90. The minimum Gasteiger partial charge on any atom is -0.371 e. The fourth-order valence-corrected chi connectivity index (χ4v) is 5.37. The van der Waals surface area contributed by atoms with Crippen molar-refractivity contribution in [2.45, 2.75) is 32.7 Å². The van der Waals surface area contributed by atoms with Crippen LogP contribution in [0.4, 0.5) is 5.69 Å². The van der Waals surface area contributed by atoms with Crippen molar-refractivity contribution in [3.63, 3.8) is 0 Å². The van der Waals surface area contributed by atoms with Crippen LogP contribution in [0.1, 0.15) is 42.1 Å². The van der Waals surface area contributed by atoms with Crippen LogP contribution >= 0.6 is 11.3 Å². The molecule has 0 bridgehead atoms. The molecular formula is C24H24N4OS. The molecule has 1 N–H and O–H groups in total. The van der Waals surface area contributed by atoms with E-state index in [1.807, 2.05) is 19.2 Å². The van der Waals surface area contributed by atoms with Gasteiger partial charge in [0.25, 0.3) is 5.91 Å². The van der Waals surface area contributed by atoms with Crippen LogP contribution in [-0.2, 0) is 0 Å². The van der Waals surface area contributed by atoms with Crippen LogP contribution in [0.15, 0.2) is 42.6 Å². The first-order valence-electron chi connectivity index (χ1n) is 10.3. The molecule has 3 aromatic heterocycles. The Morgan fingerprint density at radius 1 is 1.17 bits per heavy atom. The molecule has 1 atom stereocenters. The van der Waals surface area contributed by atoms with Crippen molar-refractivity contribution in [1.82, 2.24) is 15.3 Å². The van der Waals surface area contributed by atoms with Crippen molar-refractivity contribution in [3.05, 3.63) is 53.2 Å². The van der Waals surface area contributed by atoms with Crippen LogP contribution in [0, 0.1) is 0 Å². The van der Waals surface area contributed by atoms with Gasteiger partial charge in [0.15, 0.2) is 0 Å². The second-order valence-electron chi connectivity index (χ2n) is 8.36. The largest absolute Gasteiger partial charge is 0.371 e. The Hall–Kier alpha value is -2.99. The van der Waals surface area contributed by atoms with E-state index in [0.29, 0.717) is 5.92 Å². The molecule has 152 valence electrons. The molecule has 0 saturated heterocycles. The van der Waals surface area contributed by atoms with E-state index in [1.165, 1.54) is 0 Å². The van der Waals surface area contributed by atoms with E-state index in [2.05, 4.69) is 66.4 Å². The Balaban J connectivity index is 1.67. The Kier molecular flexibility index (Phi) is 4.47. The third-order valence-corrected chi connectivity index (χ3v) is 6.83. The van der Waals surface area contributed by atoms with E-state index in [-0.39, 0.29) is 11.9 Å². The van der Waals surface area contributed by atoms with Crippen molar-refractivity contribution in [2.24, 2.45) is 0 Å². The Morgan fingerprint density at radius 2 is 2.00 bits per heavy atom. The number of hydrogen-bond acceptors (Lipinski definition) is 5. The van der Waals surface area contributed by atoms with Crippen LogP contribution in [0.25, 0.3) is 32.2 Å². The molecule has 0 saturated carbocycles. The number of likely N-dealkylation sites (N-methyl/N-ethyl adjacent to an activating group) is 1. The predicted octanol–water partition coefficient (Wildman–Crippen LogP) is 5.20. The first-order chi connectivity index (χ1) is 14.4. The molecule has 1 aliphatic rings. The molecule has 4 heterocycles. The number of anilines is 1. The maximum absolute atomic E-state index is 12.7. The van der Waals surface area contributed by atoms with E-state index >= 15 is 0 Å². The lowest BCUT2D eigenvalue weighted by atomic mass is 10.1. The first-order valence-corrected chi connectivity index (χ1v) is 11.1. The van der Waals surface area contributed by atoms with Gasteiger partial charge in [-0.15, -0.1) is 11.3 Å². The van der Waals surface area contributed by atoms with Crippen molar-refractivity contribution < 1.29 is 4.79 Å². The van der Waals surface area contributed by atoms with Crippen molar-refractivity contribution in [2.75, 3.05) is 18.5 Å². The molecule has 5 nitrogen and oxygen atoms in total. The molecule has 1 amide bonds. The van der Waals surface area contributed by atoms with Crippen molar-refractivity contribution in [1.29, 1.82) is 0 Å². The predicted molar refractivity (Wildman–Crippen MR) is 125 cm³/mol. The van der Waals surface area contributed by atoms with Crippen molar-refractivity contribution >= 4 is 43.9 Å². The monoisotopic (exact) mass is 416 g/mol. The number of pyridine rings is 2. The summed E-state index contributed by atoms with van der Waals surface area (Å²) in [4.78, 5) is 25.2. The Morgan fingerprint density at radius 3 is 2.73 bits per heavy atom. The number of carbonyl (C=O) groups is 1. The summed E-state index contributed by atoms with van der Waals surface area (Å²) >= 11 is 1.56. The van der Waals surface area contributed by atoms with Gasteiger partial charge in [0.2, 0.25) is 0 Å². The molecule has 0 radical (unpaired) electrons. The molecule has 4 aromatic rings. The molecule has 0 aliphatic carbocycles. The third kappa shape index (κ3) is 3.03. The topological polar surface area (TPSA) is 58.1 Å². The van der Waals surface area contributed by atoms with Crippen LogP contribution in [0.2, 0.25) is 0 Å². The zero-order chi connectivity index (χ0) is 21.0. The number of hydrogen-bond donors (Lipinski definition) is 1. The number of amides is 1. The molecule has 5 rings (SSSR count). The molecule has 30 heavy (non-hydrogen) atoms.